The first kappa shape index (κ1) is 17.6. The zero-order valence-electron chi connectivity index (χ0n) is 15.1. The molecule has 1 aliphatic rings. The molecule has 2 heterocycles. The molecule has 5 nitrogen and oxygen atoms in total. The Balaban J connectivity index is 1.52. The molecule has 3 rings (SSSR count). The van der Waals surface area contributed by atoms with Crippen LogP contribution in [0.3, 0.4) is 0 Å². The van der Waals surface area contributed by atoms with E-state index in [4.69, 9.17) is 4.74 Å². The van der Waals surface area contributed by atoms with Gasteiger partial charge in [-0.15, -0.1) is 11.3 Å². The van der Waals surface area contributed by atoms with Crippen LogP contribution in [0.1, 0.15) is 16.2 Å². The summed E-state index contributed by atoms with van der Waals surface area (Å²) in [5.74, 6) is 1.76. The summed E-state index contributed by atoms with van der Waals surface area (Å²) >= 11 is 1.82. The number of hydrogen-bond acceptors (Lipinski definition) is 4. The molecule has 6 heteroatoms. The van der Waals surface area contributed by atoms with Crippen molar-refractivity contribution in [2.45, 2.75) is 25.9 Å². The van der Waals surface area contributed by atoms with Gasteiger partial charge >= 0.3 is 0 Å². The van der Waals surface area contributed by atoms with Crippen LogP contribution in [-0.4, -0.2) is 39.2 Å². The van der Waals surface area contributed by atoms with E-state index in [1.165, 1.54) is 15.4 Å². The second-order valence-electron chi connectivity index (χ2n) is 6.22. The number of methoxy groups -OCH3 is 1. The van der Waals surface area contributed by atoms with Crippen molar-refractivity contribution in [3.05, 3.63) is 46.2 Å². The number of aliphatic imine (C=N–C) groups is 1. The minimum Gasteiger partial charge on any atom is -0.497 e. The number of nitrogens with zero attached hydrogens (tertiary/aromatic N) is 2. The van der Waals surface area contributed by atoms with Crippen LogP contribution >= 0.6 is 11.3 Å². The lowest BCUT2D eigenvalue weighted by molar-refractivity contribution is 0.415. The number of aryl methyl sites for hydroxylation is 1. The predicted octanol–water partition coefficient (Wildman–Crippen LogP) is 3.01. The lowest BCUT2D eigenvalue weighted by Crippen LogP contribution is -2.44. The molecule has 1 aliphatic heterocycles. The Morgan fingerprint density at radius 3 is 2.96 bits per heavy atom. The van der Waals surface area contributed by atoms with Gasteiger partial charge in [0.25, 0.3) is 0 Å². The average molecular weight is 359 g/mol. The summed E-state index contributed by atoms with van der Waals surface area (Å²) in [5, 5.41) is 6.95. The molecule has 25 heavy (non-hydrogen) atoms. The Morgan fingerprint density at radius 2 is 2.24 bits per heavy atom. The zero-order chi connectivity index (χ0) is 17.6. The molecule has 1 saturated heterocycles. The highest BCUT2D eigenvalue weighted by molar-refractivity contribution is 7.11. The summed E-state index contributed by atoms with van der Waals surface area (Å²) in [6.45, 7) is 4.94. The monoisotopic (exact) mass is 358 g/mol. The first-order valence-corrected chi connectivity index (χ1v) is 9.41. The van der Waals surface area contributed by atoms with Crippen LogP contribution in [-0.2, 0) is 6.54 Å². The van der Waals surface area contributed by atoms with E-state index in [0.717, 1.165) is 37.8 Å². The Morgan fingerprint density at radius 1 is 1.36 bits per heavy atom. The largest absolute Gasteiger partial charge is 0.497 e. The van der Waals surface area contributed by atoms with Crippen molar-refractivity contribution in [2.75, 3.05) is 32.1 Å². The fourth-order valence-corrected chi connectivity index (χ4v) is 3.89. The van der Waals surface area contributed by atoms with Gasteiger partial charge in [-0.25, -0.2) is 0 Å². The molecule has 2 aromatic rings. The molecule has 1 unspecified atom stereocenters. The fourth-order valence-electron chi connectivity index (χ4n) is 3.06. The number of thiophene rings is 1. The van der Waals surface area contributed by atoms with Crippen LogP contribution in [0.4, 0.5) is 5.69 Å². The molecule has 1 aromatic heterocycles. The molecule has 0 radical (unpaired) electrons. The fraction of sp³-hybridized carbons (Fsp3) is 0.421. The zero-order valence-corrected chi connectivity index (χ0v) is 15.9. The first-order valence-electron chi connectivity index (χ1n) is 8.59. The first-order chi connectivity index (χ1) is 12.2. The third kappa shape index (κ3) is 4.66. The smallest absolute Gasteiger partial charge is 0.191 e. The van der Waals surface area contributed by atoms with Crippen molar-refractivity contribution in [3.63, 3.8) is 0 Å². The molecule has 0 bridgehead atoms. The Bertz CT molecular complexity index is 728. The predicted molar refractivity (Wildman–Crippen MR) is 106 cm³/mol. The molecule has 0 saturated carbocycles. The number of rotatable bonds is 5. The Labute approximate surface area is 153 Å². The summed E-state index contributed by atoms with van der Waals surface area (Å²) in [5.41, 5.74) is 1.21. The van der Waals surface area contributed by atoms with E-state index in [0.29, 0.717) is 6.04 Å². The standard InChI is InChI=1S/C19H26N4OS/c1-14-7-8-18(25-14)12-21-19(20-2)22-15-9-10-23(13-15)16-5-4-6-17(11-16)24-3/h4-8,11,15H,9-10,12-13H2,1-3H3,(H2,20,21,22). The highest BCUT2D eigenvalue weighted by Gasteiger charge is 2.23. The van der Waals surface area contributed by atoms with Gasteiger partial charge in [-0.3, -0.25) is 4.99 Å². The summed E-state index contributed by atoms with van der Waals surface area (Å²) in [7, 11) is 3.53. The number of ether oxygens (including phenoxy) is 1. The molecule has 1 atom stereocenters. The van der Waals surface area contributed by atoms with Crippen LogP contribution in [0, 0.1) is 6.92 Å². The van der Waals surface area contributed by atoms with E-state index in [1.54, 1.807) is 7.11 Å². The van der Waals surface area contributed by atoms with Crippen molar-refractivity contribution >= 4 is 23.0 Å². The van der Waals surface area contributed by atoms with Gasteiger partial charge in [-0.2, -0.15) is 0 Å². The molecule has 134 valence electrons. The van der Waals surface area contributed by atoms with Crippen molar-refractivity contribution in [1.29, 1.82) is 0 Å². The summed E-state index contributed by atoms with van der Waals surface area (Å²) < 4.78 is 5.33. The molecular weight excluding hydrogens is 332 g/mol. The van der Waals surface area contributed by atoms with Gasteiger partial charge in [0.05, 0.1) is 13.7 Å². The number of hydrogen-bond donors (Lipinski definition) is 2. The highest BCUT2D eigenvalue weighted by Crippen LogP contribution is 2.24. The average Bonchev–Trinajstić information content (AvgIpc) is 3.27. The van der Waals surface area contributed by atoms with Gasteiger partial charge in [-0.1, -0.05) is 6.07 Å². The molecule has 0 amide bonds. The Kier molecular flexibility index (Phi) is 5.81. The van der Waals surface area contributed by atoms with Crippen LogP contribution in [0.25, 0.3) is 0 Å². The van der Waals surface area contributed by atoms with Gasteiger partial charge in [-0.05, 0) is 37.6 Å². The minimum atomic E-state index is 0.391. The van der Waals surface area contributed by atoms with E-state index in [9.17, 15) is 0 Å². The molecule has 1 aromatic carbocycles. The second kappa shape index (κ2) is 8.25. The van der Waals surface area contributed by atoms with E-state index < -0.39 is 0 Å². The van der Waals surface area contributed by atoms with Crippen LogP contribution < -0.4 is 20.3 Å². The van der Waals surface area contributed by atoms with Gasteiger partial charge < -0.3 is 20.3 Å². The highest BCUT2D eigenvalue weighted by atomic mass is 32.1. The molecule has 2 N–H and O–H groups in total. The Hall–Kier alpha value is -2.21. The summed E-state index contributed by atoms with van der Waals surface area (Å²) in [4.78, 5) is 9.41. The van der Waals surface area contributed by atoms with Crippen molar-refractivity contribution in [2.24, 2.45) is 4.99 Å². The summed E-state index contributed by atoms with van der Waals surface area (Å²) in [6, 6.07) is 13.0. The number of anilines is 1. The number of guanidine groups is 1. The lowest BCUT2D eigenvalue weighted by Gasteiger charge is -2.20. The number of nitrogens with one attached hydrogen (secondary N) is 2. The van der Waals surface area contributed by atoms with E-state index in [-0.39, 0.29) is 0 Å². The van der Waals surface area contributed by atoms with Gasteiger partial charge in [0.1, 0.15) is 5.75 Å². The molecule has 0 spiro atoms. The second-order valence-corrected chi connectivity index (χ2v) is 7.59. The minimum absolute atomic E-state index is 0.391. The molecule has 1 fully saturated rings. The maximum atomic E-state index is 5.33. The lowest BCUT2D eigenvalue weighted by atomic mass is 10.2. The molecule has 0 aliphatic carbocycles. The molecular formula is C19H26N4OS. The summed E-state index contributed by atoms with van der Waals surface area (Å²) in [6.07, 6.45) is 1.09. The van der Waals surface area contributed by atoms with Crippen LogP contribution in [0.15, 0.2) is 41.4 Å². The quantitative estimate of drug-likeness (QED) is 0.637. The van der Waals surface area contributed by atoms with E-state index in [1.807, 2.05) is 30.5 Å². The number of benzene rings is 1. The third-order valence-corrected chi connectivity index (χ3v) is 5.40. The van der Waals surface area contributed by atoms with E-state index >= 15 is 0 Å². The van der Waals surface area contributed by atoms with E-state index in [2.05, 4.69) is 51.7 Å². The van der Waals surface area contributed by atoms with Gasteiger partial charge in [0.2, 0.25) is 0 Å². The van der Waals surface area contributed by atoms with Gasteiger partial charge in [0.15, 0.2) is 5.96 Å². The normalized spacial score (nSPS) is 17.6. The van der Waals surface area contributed by atoms with Crippen molar-refractivity contribution in [3.8, 4) is 5.75 Å². The van der Waals surface area contributed by atoms with Crippen LogP contribution in [0.5, 0.6) is 5.75 Å². The van der Waals surface area contributed by atoms with Crippen LogP contribution in [0.2, 0.25) is 0 Å². The topological polar surface area (TPSA) is 48.9 Å². The van der Waals surface area contributed by atoms with Gasteiger partial charge in [0, 0.05) is 47.7 Å². The van der Waals surface area contributed by atoms with Crippen molar-refractivity contribution in [1.82, 2.24) is 10.6 Å². The SMILES string of the molecule is CN=C(NCc1ccc(C)s1)NC1CCN(c2cccc(OC)c2)C1. The van der Waals surface area contributed by atoms with Crippen molar-refractivity contribution < 1.29 is 4.74 Å². The maximum Gasteiger partial charge on any atom is 0.191 e. The maximum absolute atomic E-state index is 5.33. The third-order valence-electron chi connectivity index (χ3n) is 4.40.